The first kappa shape index (κ1) is 15.5. The second kappa shape index (κ2) is 6.04. The fraction of sp³-hybridized carbons (Fsp3) is 0.533. The van der Waals surface area contributed by atoms with Crippen LogP contribution in [0.3, 0.4) is 0 Å². The number of hydrogen-bond donors (Lipinski definition) is 2. The van der Waals surface area contributed by atoms with Crippen LogP contribution < -0.4 is 10.6 Å². The molecular formula is C15H19N3O5. The molecule has 2 fully saturated rings. The van der Waals surface area contributed by atoms with Gasteiger partial charge in [0.1, 0.15) is 5.76 Å². The molecule has 3 heterocycles. The smallest absolute Gasteiger partial charge is 0.325 e. The van der Waals surface area contributed by atoms with Gasteiger partial charge >= 0.3 is 12.0 Å². The largest absolute Gasteiger partial charge is 0.469 e. The predicted octanol–water partition coefficient (Wildman–Crippen LogP) is 0.445. The number of rotatable bonds is 3. The lowest BCUT2D eigenvalue weighted by Gasteiger charge is -2.46. The lowest BCUT2D eigenvalue weighted by atomic mass is 9.81. The van der Waals surface area contributed by atoms with Crippen LogP contribution in [0.25, 0.3) is 0 Å². The standard InChI is InChI=1S/C15H19N3O5/c1-8-10(14(20)22-2)6-11-12(16-8)18(15(21)17-13(11)19)7-9-4-3-5-23-9/h3-5,8,10-12,16H,6-7H2,1-2H3,(H,17,19,21). The van der Waals surface area contributed by atoms with Gasteiger partial charge in [0.15, 0.2) is 0 Å². The van der Waals surface area contributed by atoms with E-state index in [1.54, 1.807) is 12.1 Å². The number of amides is 3. The number of hydrogen-bond acceptors (Lipinski definition) is 6. The fourth-order valence-electron chi connectivity index (χ4n) is 3.25. The Morgan fingerprint density at radius 2 is 2.26 bits per heavy atom. The summed E-state index contributed by atoms with van der Waals surface area (Å²) in [5.74, 6) is -1.04. The molecule has 8 heteroatoms. The van der Waals surface area contributed by atoms with Crippen molar-refractivity contribution in [3.63, 3.8) is 0 Å². The van der Waals surface area contributed by atoms with E-state index in [0.29, 0.717) is 12.2 Å². The number of fused-ring (bicyclic) bond motifs is 1. The second-order valence-corrected chi connectivity index (χ2v) is 5.87. The first-order chi connectivity index (χ1) is 11.0. The van der Waals surface area contributed by atoms with Crippen molar-refractivity contribution >= 4 is 17.9 Å². The van der Waals surface area contributed by atoms with Gasteiger partial charge in [-0.05, 0) is 25.5 Å². The molecule has 3 rings (SSSR count). The first-order valence-electron chi connectivity index (χ1n) is 7.49. The molecular weight excluding hydrogens is 302 g/mol. The zero-order chi connectivity index (χ0) is 16.6. The highest BCUT2D eigenvalue weighted by Gasteiger charge is 2.48. The number of imide groups is 1. The Morgan fingerprint density at radius 3 is 2.91 bits per heavy atom. The van der Waals surface area contributed by atoms with Crippen LogP contribution in [-0.4, -0.2) is 42.1 Å². The monoisotopic (exact) mass is 321 g/mol. The van der Waals surface area contributed by atoms with E-state index in [1.807, 2.05) is 6.92 Å². The molecule has 0 aliphatic carbocycles. The number of piperidine rings is 1. The lowest BCUT2D eigenvalue weighted by molar-refractivity contribution is -0.150. The summed E-state index contributed by atoms with van der Waals surface area (Å²) in [6.45, 7) is 2.09. The van der Waals surface area contributed by atoms with Crippen LogP contribution in [0.1, 0.15) is 19.1 Å². The van der Waals surface area contributed by atoms with E-state index in [2.05, 4.69) is 10.6 Å². The van der Waals surface area contributed by atoms with Gasteiger partial charge in [-0.15, -0.1) is 0 Å². The van der Waals surface area contributed by atoms with Crippen LogP contribution in [0, 0.1) is 11.8 Å². The van der Waals surface area contributed by atoms with E-state index in [-0.39, 0.29) is 24.5 Å². The number of nitrogens with zero attached hydrogens (tertiary/aromatic N) is 1. The molecule has 8 nitrogen and oxygen atoms in total. The molecule has 2 saturated heterocycles. The molecule has 0 saturated carbocycles. The van der Waals surface area contributed by atoms with Crippen LogP contribution in [-0.2, 0) is 20.9 Å². The van der Waals surface area contributed by atoms with Crippen molar-refractivity contribution < 1.29 is 23.5 Å². The van der Waals surface area contributed by atoms with Crippen molar-refractivity contribution in [2.24, 2.45) is 11.8 Å². The van der Waals surface area contributed by atoms with E-state index in [1.165, 1.54) is 18.3 Å². The highest BCUT2D eigenvalue weighted by molar-refractivity contribution is 5.98. The number of carbonyl (C=O) groups excluding carboxylic acids is 3. The molecule has 2 N–H and O–H groups in total. The number of esters is 1. The summed E-state index contributed by atoms with van der Waals surface area (Å²) in [4.78, 5) is 37.8. The number of furan rings is 1. The van der Waals surface area contributed by atoms with Gasteiger partial charge in [-0.2, -0.15) is 0 Å². The summed E-state index contributed by atoms with van der Waals surface area (Å²) in [6.07, 6.45) is 1.39. The number of nitrogens with one attached hydrogen (secondary N) is 2. The van der Waals surface area contributed by atoms with Crippen molar-refractivity contribution in [3.05, 3.63) is 24.2 Å². The van der Waals surface area contributed by atoms with Gasteiger partial charge in [-0.1, -0.05) is 0 Å². The maximum absolute atomic E-state index is 12.2. The Balaban J connectivity index is 1.83. The molecule has 1 aromatic heterocycles. The molecule has 3 amide bonds. The summed E-state index contributed by atoms with van der Waals surface area (Å²) in [5.41, 5.74) is 0. The maximum Gasteiger partial charge on any atom is 0.325 e. The van der Waals surface area contributed by atoms with E-state index in [0.717, 1.165) is 0 Å². The topological polar surface area (TPSA) is 101 Å². The van der Waals surface area contributed by atoms with Crippen molar-refractivity contribution in [1.82, 2.24) is 15.5 Å². The number of methoxy groups -OCH3 is 1. The SMILES string of the molecule is COC(=O)C1CC2C(=O)NC(=O)N(Cc3ccco3)C2NC1C. The van der Waals surface area contributed by atoms with E-state index < -0.39 is 24.0 Å². The van der Waals surface area contributed by atoms with Crippen LogP contribution >= 0.6 is 0 Å². The van der Waals surface area contributed by atoms with Gasteiger partial charge in [-0.25, -0.2) is 4.79 Å². The Kier molecular flexibility index (Phi) is 4.08. The first-order valence-corrected chi connectivity index (χ1v) is 7.49. The number of urea groups is 1. The average Bonchev–Trinajstić information content (AvgIpc) is 3.03. The molecule has 23 heavy (non-hydrogen) atoms. The number of ether oxygens (including phenoxy) is 1. The predicted molar refractivity (Wildman–Crippen MR) is 77.8 cm³/mol. The molecule has 4 unspecified atom stereocenters. The van der Waals surface area contributed by atoms with Gasteiger partial charge in [0.05, 0.1) is 37.9 Å². The van der Waals surface area contributed by atoms with Crippen molar-refractivity contribution in [2.75, 3.05) is 7.11 Å². The quantitative estimate of drug-likeness (QED) is 0.784. The number of carbonyl (C=O) groups is 3. The Morgan fingerprint density at radius 1 is 1.48 bits per heavy atom. The molecule has 124 valence electrons. The van der Waals surface area contributed by atoms with Gasteiger partial charge in [-0.3, -0.25) is 20.2 Å². The van der Waals surface area contributed by atoms with Crippen LogP contribution in [0.15, 0.2) is 22.8 Å². The van der Waals surface area contributed by atoms with Gasteiger partial charge in [0.2, 0.25) is 5.91 Å². The van der Waals surface area contributed by atoms with E-state index >= 15 is 0 Å². The van der Waals surface area contributed by atoms with Crippen molar-refractivity contribution in [3.8, 4) is 0 Å². The average molecular weight is 321 g/mol. The van der Waals surface area contributed by atoms with Gasteiger partial charge < -0.3 is 14.1 Å². The molecule has 1 aromatic rings. The minimum Gasteiger partial charge on any atom is -0.469 e. The van der Waals surface area contributed by atoms with E-state index in [4.69, 9.17) is 9.15 Å². The van der Waals surface area contributed by atoms with E-state index in [9.17, 15) is 14.4 Å². The Labute approximate surface area is 133 Å². The maximum atomic E-state index is 12.2. The zero-order valence-corrected chi connectivity index (χ0v) is 12.9. The molecule has 0 bridgehead atoms. The molecule has 2 aliphatic rings. The van der Waals surface area contributed by atoms with Crippen molar-refractivity contribution in [2.45, 2.75) is 32.1 Å². The lowest BCUT2D eigenvalue weighted by Crippen LogP contribution is -2.69. The zero-order valence-electron chi connectivity index (χ0n) is 12.9. The summed E-state index contributed by atoms with van der Waals surface area (Å²) in [7, 11) is 1.33. The molecule has 4 atom stereocenters. The molecule has 0 aromatic carbocycles. The molecule has 0 radical (unpaired) electrons. The summed E-state index contributed by atoms with van der Waals surface area (Å²) in [5, 5.41) is 5.56. The van der Waals surface area contributed by atoms with Gasteiger partial charge in [0, 0.05) is 6.04 Å². The fourth-order valence-corrected chi connectivity index (χ4v) is 3.25. The minimum absolute atomic E-state index is 0.207. The molecule has 2 aliphatic heterocycles. The van der Waals surface area contributed by atoms with Crippen LogP contribution in [0.4, 0.5) is 4.79 Å². The minimum atomic E-state index is -0.511. The summed E-state index contributed by atoms with van der Waals surface area (Å²) >= 11 is 0. The van der Waals surface area contributed by atoms with Crippen LogP contribution in [0.5, 0.6) is 0 Å². The third-order valence-corrected chi connectivity index (χ3v) is 4.50. The van der Waals surface area contributed by atoms with Crippen molar-refractivity contribution in [1.29, 1.82) is 0 Å². The Bertz CT molecular complexity index is 615. The molecule has 0 spiro atoms. The van der Waals surface area contributed by atoms with Gasteiger partial charge in [0.25, 0.3) is 0 Å². The third-order valence-electron chi connectivity index (χ3n) is 4.50. The third kappa shape index (κ3) is 2.81. The normalized spacial score (nSPS) is 30.6. The highest BCUT2D eigenvalue weighted by Crippen LogP contribution is 2.31. The summed E-state index contributed by atoms with van der Waals surface area (Å²) in [6, 6.07) is 2.83. The summed E-state index contributed by atoms with van der Waals surface area (Å²) < 4.78 is 10.1. The highest BCUT2D eigenvalue weighted by atomic mass is 16.5. The second-order valence-electron chi connectivity index (χ2n) is 5.87. The Hall–Kier alpha value is -2.35. The van der Waals surface area contributed by atoms with Crippen LogP contribution in [0.2, 0.25) is 0 Å².